The molecule has 2 aromatic rings. The number of benzene rings is 1. The highest BCUT2D eigenvalue weighted by Gasteiger charge is 2.20. The molecule has 0 amide bonds. The van der Waals surface area contributed by atoms with Crippen molar-refractivity contribution in [2.75, 3.05) is 13.7 Å². The average molecular weight is 248 g/mol. The molecule has 0 saturated carbocycles. The van der Waals surface area contributed by atoms with E-state index in [9.17, 15) is 4.79 Å². The summed E-state index contributed by atoms with van der Waals surface area (Å²) in [6.07, 6.45) is 1.73. The SMILES string of the molecule is CCOC(=O)[C@@H](N)c1c[nH]c2ccc(OC)cc12. The third-order valence-corrected chi connectivity index (χ3v) is 2.80. The molecule has 0 bridgehead atoms. The summed E-state index contributed by atoms with van der Waals surface area (Å²) in [5.74, 6) is 0.292. The van der Waals surface area contributed by atoms with Crippen molar-refractivity contribution in [1.29, 1.82) is 0 Å². The van der Waals surface area contributed by atoms with Gasteiger partial charge in [0.2, 0.25) is 0 Å². The van der Waals surface area contributed by atoms with E-state index in [1.54, 1.807) is 20.2 Å². The topological polar surface area (TPSA) is 77.3 Å². The Bertz CT molecular complexity index is 562. The number of ether oxygens (including phenoxy) is 2. The number of hydrogen-bond donors (Lipinski definition) is 2. The molecule has 0 unspecified atom stereocenters. The number of fused-ring (bicyclic) bond motifs is 1. The maximum Gasteiger partial charge on any atom is 0.327 e. The van der Waals surface area contributed by atoms with E-state index < -0.39 is 12.0 Å². The standard InChI is InChI=1S/C13H16N2O3/c1-3-18-13(16)12(14)10-7-15-11-5-4-8(17-2)6-9(10)11/h4-7,12,15H,3,14H2,1-2H3/t12-/m0/s1. The Morgan fingerprint density at radius 3 is 2.94 bits per heavy atom. The first-order valence-corrected chi connectivity index (χ1v) is 5.74. The first-order chi connectivity index (χ1) is 8.67. The van der Waals surface area contributed by atoms with Gasteiger partial charge >= 0.3 is 5.97 Å². The van der Waals surface area contributed by atoms with Crippen molar-refractivity contribution in [3.8, 4) is 5.75 Å². The van der Waals surface area contributed by atoms with E-state index in [4.69, 9.17) is 15.2 Å². The monoisotopic (exact) mass is 248 g/mol. The smallest absolute Gasteiger partial charge is 0.327 e. The number of aromatic amines is 1. The number of carbonyl (C=O) groups excluding carboxylic acids is 1. The lowest BCUT2D eigenvalue weighted by molar-refractivity contribution is -0.144. The molecule has 0 saturated heterocycles. The number of methoxy groups -OCH3 is 1. The fraction of sp³-hybridized carbons (Fsp3) is 0.308. The second-order valence-electron chi connectivity index (χ2n) is 3.89. The molecule has 0 aliphatic rings. The molecule has 0 fully saturated rings. The second kappa shape index (κ2) is 5.10. The molecule has 1 aromatic carbocycles. The number of carbonyl (C=O) groups is 1. The van der Waals surface area contributed by atoms with E-state index >= 15 is 0 Å². The van der Waals surface area contributed by atoms with Crippen LogP contribution in [0.2, 0.25) is 0 Å². The molecule has 3 N–H and O–H groups in total. The van der Waals surface area contributed by atoms with E-state index in [1.807, 2.05) is 18.2 Å². The van der Waals surface area contributed by atoms with Crippen LogP contribution >= 0.6 is 0 Å². The van der Waals surface area contributed by atoms with Crippen molar-refractivity contribution in [3.63, 3.8) is 0 Å². The molecule has 5 nitrogen and oxygen atoms in total. The van der Waals surface area contributed by atoms with Gasteiger partial charge in [-0.15, -0.1) is 0 Å². The highest BCUT2D eigenvalue weighted by atomic mass is 16.5. The summed E-state index contributed by atoms with van der Waals surface area (Å²) < 4.78 is 10.1. The molecule has 0 radical (unpaired) electrons. The average Bonchev–Trinajstić information content (AvgIpc) is 2.80. The molecule has 1 atom stereocenters. The van der Waals surface area contributed by atoms with Gasteiger partial charge in [-0.1, -0.05) is 0 Å². The normalized spacial score (nSPS) is 12.4. The number of aromatic nitrogens is 1. The number of nitrogens with two attached hydrogens (primary N) is 1. The molecule has 18 heavy (non-hydrogen) atoms. The molecule has 96 valence electrons. The third kappa shape index (κ3) is 2.17. The van der Waals surface area contributed by atoms with Crippen LogP contribution in [0.25, 0.3) is 10.9 Å². The van der Waals surface area contributed by atoms with Crippen LogP contribution in [-0.2, 0) is 9.53 Å². The minimum Gasteiger partial charge on any atom is -0.497 e. The summed E-state index contributed by atoms with van der Waals surface area (Å²) in [5, 5.41) is 0.870. The Morgan fingerprint density at radius 2 is 2.28 bits per heavy atom. The summed E-state index contributed by atoms with van der Waals surface area (Å²) >= 11 is 0. The van der Waals surface area contributed by atoms with Crippen LogP contribution in [0.4, 0.5) is 0 Å². The van der Waals surface area contributed by atoms with Gasteiger partial charge in [-0.05, 0) is 25.1 Å². The highest BCUT2D eigenvalue weighted by molar-refractivity contribution is 5.90. The number of nitrogens with one attached hydrogen (secondary N) is 1. The summed E-state index contributed by atoms with van der Waals surface area (Å²) in [5.41, 5.74) is 7.51. The first-order valence-electron chi connectivity index (χ1n) is 5.74. The molecular formula is C13H16N2O3. The summed E-state index contributed by atoms with van der Waals surface area (Å²) in [4.78, 5) is 14.7. The number of H-pyrrole nitrogens is 1. The van der Waals surface area contributed by atoms with Crippen LogP contribution in [-0.4, -0.2) is 24.7 Å². The Kier molecular flexibility index (Phi) is 3.53. The maximum absolute atomic E-state index is 11.6. The Balaban J connectivity index is 2.41. The van der Waals surface area contributed by atoms with Gasteiger partial charge in [0, 0.05) is 22.7 Å². The highest BCUT2D eigenvalue weighted by Crippen LogP contribution is 2.27. The lowest BCUT2D eigenvalue weighted by atomic mass is 10.1. The minimum atomic E-state index is -0.786. The second-order valence-corrected chi connectivity index (χ2v) is 3.89. The lowest BCUT2D eigenvalue weighted by Gasteiger charge is -2.09. The van der Waals surface area contributed by atoms with E-state index in [0.717, 1.165) is 16.7 Å². The predicted molar refractivity (Wildman–Crippen MR) is 68.4 cm³/mol. The molecule has 1 aromatic heterocycles. The zero-order valence-electron chi connectivity index (χ0n) is 10.4. The van der Waals surface area contributed by atoms with Crippen molar-refractivity contribution in [1.82, 2.24) is 4.98 Å². The molecule has 0 spiro atoms. The molecule has 1 heterocycles. The van der Waals surface area contributed by atoms with Crippen LogP contribution in [0.1, 0.15) is 18.5 Å². The van der Waals surface area contributed by atoms with Crippen LogP contribution in [0.3, 0.4) is 0 Å². The van der Waals surface area contributed by atoms with Crippen molar-refractivity contribution < 1.29 is 14.3 Å². The van der Waals surface area contributed by atoms with Gasteiger partial charge in [-0.3, -0.25) is 0 Å². The number of esters is 1. The zero-order valence-corrected chi connectivity index (χ0v) is 10.4. The number of hydrogen-bond acceptors (Lipinski definition) is 4. The summed E-state index contributed by atoms with van der Waals surface area (Å²) in [6.45, 7) is 2.07. The van der Waals surface area contributed by atoms with Gasteiger partial charge in [-0.25, -0.2) is 4.79 Å². The van der Waals surface area contributed by atoms with Gasteiger partial charge in [0.05, 0.1) is 13.7 Å². The van der Waals surface area contributed by atoms with E-state index in [1.165, 1.54) is 0 Å². The van der Waals surface area contributed by atoms with Crippen molar-refractivity contribution in [3.05, 3.63) is 30.0 Å². The molecule has 0 aliphatic carbocycles. The van der Waals surface area contributed by atoms with Crippen LogP contribution < -0.4 is 10.5 Å². The van der Waals surface area contributed by atoms with Crippen molar-refractivity contribution >= 4 is 16.9 Å². The van der Waals surface area contributed by atoms with Crippen LogP contribution in [0.15, 0.2) is 24.4 Å². The van der Waals surface area contributed by atoms with Gasteiger partial charge in [0.15, 0.2) is 0 Å². The first kappa shape index (κ1) is 12.4. The summed E-state index contributed by atoms with van der Waals surface area (Å²) in [7, 11) is 1.60. The lowest BCUT2D eigenvalue weighted by Crippen LogP contribution is -2.23. The number of rotatable bonds is 4. The van der Waals surface area contributed by atoms with Gasteiger partial charge < -0.3 is 20.2 Å². The molecular weight excluding hydrogens is 232 g/mol. The van der Waals surface area contributed by atoms with Gasteiger partial charge in [0.25, 0.3) is 0 Å². The Hall–Kier alpha value is -2.01. The van der Waals surface area contributed by atoms with Crippen LogP contribution in [0.5, 0.6) is 5.75 Å². The molecule has 2 rings (SSSR count). The van der Waals surface area contributed by atoms with Gasteiger partial charge in [-0.2, -0.15) is 0 Å². The molecule has 0 aliphatic heterocycles. The fourth-order valence-corrected chi connectivity index (χ4v) is 1.86. The Labute approximate surface area is 105 Å². The van der Waals surface area contributed by atoms with Crippen molar-refractivity contribution in [2.45, 2.75) is 13.0 Å². The van der Waals surface area contributed by atoms with E-state index in [-0.39, 0.29) is 0 Å². The summed E-state index contributed by atoms with van der Waals surface area (Å²) in [6, 6.07) is 4.79. The fourth-order valence-electron chi connectivity index (χ4n) is 1.86. The van der Waals surface area contributed by atoms with Gasteiger partial charge in [0.1, 0.15) is 11.8 Å². The predicted octanol–water partition coefficient (Wildman–Crippen LogP) is 1.74. The minimum absolute atomic E-state index is 0.318. The quantitative estimate of drug-likeness (QED) is 0.808. The largest absolute Gasteiger partial charge is 0.497 e. The van der Waals surface area contributed by atoms with E-state index in [0.29, 0.717) is 12.2 Å². The van der Waals surface area contributed by atoms with E-state index in [2.05, 4.69) is 4.98 Å². The maximum atomic E-state index is 11.6. The zero-order chi connectivity index (χ0) is 13.1. The van der Waals surface area contributed by atoms with Crippen LogP contribution in [0, 0.1) is 0 Å². The Morgan fingerprint density at radius 1 is 1.50 bits per heavy atom. The third-order valence-electron chi connectivity index (χ3n) is 2.80. The molecule has 5 heteroatoms. The van der Waals surface area contributed by atoms with Crippen molar-refractivity contribution in [2.24, 2.45) is 5.73 Å².